The summed E-state index contributed by atoms with van der Waals surface area (Å²) in [7, 11) is 0. The Kier molecular flexibility index (Phi) is 4.01. The molecule has 0 saturated carbocycles. The lowest BCUT2D eigenvalue weighted by atomic mass is 9.94. The van der Waals surface area contributed by atoms with Crippen LogP contribution < -0.4 is 16.6 Å². The zero-order valence-corrected chi connectivity index (χ0v) is 11.3. The highest BCUT2D eigenvalue weighted by Gasteiger charge is 2.29. The number of hydrogen-bond acceptors (Lipinski definition) is 5. The lowest BCUT2D eigenvalue weighted by Crippen LogP contribution is -2.51. The van der Waals surface area contributed by atoms with Gasteiger partial charge in [-0.15, -0.1) is 0 Å². The summed E-state index contributed by atoms with van der Waals surface area (Å²) >= 11 is 0. The SMILES string of the molecule is Cc1cc(C(=O)NC2(C)CCCOC2)cc(NN)n1. The molecule has 1 fully saturated rings. The summed E-state index contributed by atoms with van der Waals surface area (Å²) in [5.41, 5.74) is 3.45. The first-order valence-corrected chi connectivity index (χ1v) is 6.38. The maximum Gasteiger partial charge on any atom is 0.251 e. The van der Waals surface area contributed by atoms with E-state index < -0.39 is 0 Å². The molecule has 0 aromatic carbocycles. The first kappa shape index (κ1) is 13.8. The van der Waals surface area contributed by atoms with Crippen LogP contribution >= 0.6 is 0 Å². The van der Waals surface area contributed by atoms with Crippen LogP contribution in [0.5, 0.6) is 0 Å². The van der Waals surface area contributed by atoms with Gasteiger partial charge < -0.3 is 15.5 Å². The van der Waals surface area contributed by atoms with Crippen molar-refractivity contribution < 1.29 is 9.53 Å². The summed E-state index contributed by atoms with van der Waals surface area (Å²) in [6, 6.07) is 3.37. The van der Waals surface area contributed by atoms with Crippen LogP contribution in [0.3, 0.4) is 0 Å². The number of nitrogens with two attached hydrogens (primary N) is 1. The minimum Gasteiger partial charge on any atom is -0.379 e. The van der Waals surface area contributed by atoms with Crippen molar-refractivity contribution in [3.8, 4) is 0 Å². The van der Waals surface area contributed by atoms with Gasteiger partial charge in [0.05, 0.1) is 12.1 Å². The van der Waals surface area contributed by atoms with E-state index >= 15 is 0 Å². The summed E-state index contributed by atoms with van der Waals surface area (Å²) in [5.74, 6) is 5.69. The number of nitrogen functional groups attached to an aromatic ring is 1. The summed E-state index contributed by atoms with van der Waals surface area (Å²) in [4.78, 5) is 16.4. The zero-order chi connectivity index (χ0) is 13.9. The fraction of sp³-hybridized carbons (Fsp3) is 0.538. The molecule has 1 unspecified atom stereocenters. The second kappa shape index (κ2) is 5.54. The van der Waals surface area contributed by atoms with Gasteiger partial charge in [0, 0.05) is 17.9 Å². The summed E-state index contributed by atoms with van der Waals surface area (Å²) in [6.45, 7) is 5.13. The van der Waals surface area contributed by atoms with Crippen molar-refractivity contribution in [3.63, 3.8) is 0 Å². The van der Waals surface area contributed by atoms with Gasteiger partial charge in [-0.3, -0.25) is 4.79 Å². The third-order valence-electron chi connectivity index (χ3n) is 3.22. The van der Waals surface area contributed by atoms with Gasteiger partial charge in [-0.25, -0.2) is 10.8 Å². The standard InChI is InChI=1S/C13H20N4O2/c1-9-6-10(7-11(15-9)17-14)12(18)16-13(2)4-3-5-19-8-13/h6-7H,3-5,8,14H2,1-2H3,(H,15,17)(H,16,18). The molecule has 1 atom stereocenters. The van der Waals surface area contributed by atoms with Crippen LogP contribution in [0.15, 0.2) is 12.1 Å². The maximum atomic E-state index is 12.3. The van der Waals surface area contributed by atoms with Gasteiger partial charge in [0.2, 0.25) is 0 Å². The number of amides is 1. The van der Waals surface area contributed by atoms with Crippen LogP contribution in [0.4, 0.5) is 5.82 Å². The molecule has 2 rings (SSSR count). The Balaban J connectivity index is 2.13. The van der Waals surface area contributed by atoms with Crippen LogP contribution in [0.1, 0.15) is 35.8 Å². The van der Waals surface area contributed by atoms with E-state index in [1.165, 1.54) is 0 Å². The van der Waals surface area contributed by atoms with Crippen molar-refractivity contribution >= 4 is 11.7 Å². The average molecular weight is 264 g/mol. The molecule has 1 amide bonds. The van der Waals surface area contributed by atoms with Crippen LogP contribution in [0.2, 0.25) is 0 Å². The van der Waals surface area contributed by atoms with Crippen molar-refractivity contribution in [2.45, 2.75) is 32.2 Å². The van der Waals surface area contributed by atoms with Gasteiger partial charge in [-0.2, -0.15) is 0 Å². The number of ether oxygens (including phenoxy) is 1. The third-order valence-corrected chi connectivity index (χ3v) is 3.22. The van der Waals surface area contributed by atoms with Crippen molar-refractivity contribution in [1.82, 2.24) is 10.3 Å². The fourth-order valence-electron chi connectivity index (χ4n) is 2.25. The zero-order valence-electron chi connectivity index (χ0n) is 11.3. The number of hydrazine groups is 1. The van der Waals surface area contributed by atoms with Gasteiger partial charge in [-0.1, -0.05) is 0 Å². The molecule has 1 aromatic heterocycles. The number of nitrogens with one attached hydrogen (secondary N) is 2. The van der Waals surface area contributed by atoms with Gasteiger partial charge in [-0.05, 0) is 38.8 Å². The molecule has 0 spiro atoms. The number of rotatable bonds is 3. The molecular weight excluding hydrogens is 244 g/mol. The van der Waals surface area contributed by atoms with Crippen molar-refractivity contribution in [2.75, 3.05) is 18.6 Å². The molecule has 6 heteroatoms. The number of carbonyl (C=O) groups is 1. The smallest absolute Gasteiger partial charge is 0.251 e. The first-order chi connectivity index (χ1) is 9.02. The topological polar surface area (TPSA) is 89.3 Å². The van der Waals surface area contributed by atoms with Crippen LogP contribution in [-0.4, -0.2) is 29.6 Å². The Morgan fingerprint density at radius 3 is 2.95 bits per heavy atom. The van der Waals surface area contributed by atoms with E-state index in [0.29, 0.717) is 18.0 Å². The van der Waals surface area contributed by atoms with Gasteiger partial charge in [0.25, 0.3) is 5.91 Å². The van der Waals surface area contributed by atoms with E-state index in [4.69, 9.17) is 10.6 Å². The first-order valence-electron chi connectivity index (χ1n) is 6.38. The minimum absolute atomic E-state index is 0.130. The van der Waals surface area contributed by atoms with E-state index in [-0.39, 0.29) is 11.4 Å². The molecule has 19 heavy (non-hydrogen) atoms. The highest BCUT2D eigenvalue weighted by atomic mass is 16.5. The Morgan fingerprint density at radius 2 is 2.32 bits per heavy atom. The number of anilines is 1. The summed E-state index contributed by atoms with van der Waals surface area (Å²) in [5, 5.41) is 3.03. The Morgan fingerprint density at radius 1 is 1.53 bits per heavy atom. The van der Waals surface area contributed by atoms with Gasteiger partial charge in [0.1, 0.15) is 5.82 Å². The fourth-order valence-corrected chi connectivity index (χ4v) is 2.25. The molecule has 104 valence electrons. The molecule has 6 nitrogen and oxygen atoms in total. The number of carbonyl (C=O) groups excluding carboxylic acids is 1. The van der Waals surface area contributed by atoms with Crippen molar-refractivity contribution in [2.24, 2.45) is 5.84 Å². The number of nitrogens with zero attached hydrogens (tertiary/aromatic N) is 1. The largest absolute Gasteiger partial charge is 0.379 e. The molecular formula is C13H20N4O2. The molecule has 0 bridgehead atoms. The normalized spacial score (nSPS) is 22.9. The molecule has 1 aliphatic rings. The third kappa shape index (κ3) is 3.42. The second-order valence-corrected chi connectivity index (χ2v) is 5.20. The number of pyridine rings is 1. The van der Waals surface area contributed by atoms with Crippen molar-refractivity contribution in [1.29, 1.82) is 0 Å². The molecule has 0 radical (unpaired) electrons. The monoisotopic (exact) mass is 264 g/mol. The molecule has 4 N–H and O–H groups in total. The van der Waals surface area contributed by atoms with E-state index in [2.05, 4.69) is 15.7 Å². The van der Waals surface area contributed by atoms with E-state index in [1.54, 1.807) is 12.1 Å². The van der Waals surface area contributed by atoms with E-state index in [1.807, 2.05) is 13.8 Å². The highest BCUT2D eigenvalue weighted by Crippen LogP contribution is 2.19. The lowest BCUT2D eigenvalue weighted by Gasteiger charge is -2.34. The van der Waals surface area contributed by atoms with Gasteiger partial charge >= 0.3 is 0 Å². The summed E-state index contributed by atoms with van der Waals surface area (Å²) < 4.78 is 5.43. The van der Waals surface area contributed by atoms with E-state index in [0.717, 1.165) is 25.1 Å². The highest BCUT2D eigenvalue weighted by molar-refractivity contribution is 5.95. The van der Waals surface area contributed by atoms with Crippen molar-refractivity contribution in [3.05, 3.63) is 23.4 Å². The predicted octanol–water partition coefficient (Wildman–Crippen LogP) is 0.975. The molecule has 1 saturated heterocycles. The Labute approximate surface area is 112 Å². The molecule has 1 aromatic rings. The number of hydrogen-bond donors (Lipinski definition) is 3. The van der Waals surface area contributed by atoms with Crippen LogP contribution in [-0.2, 0) is 4.74 Å². The Bertz CT molecular complexity index is 470. The van der Waals surface area contributed by atoms with Gasteiger partial charge in [0.15, 0.2) is 0 Å². The summed E-state index contributed by atoms with van der Waals surface area (Å²) in [6.07, 6.45) is 1.88. The molecule has 0 aliphatic carbocycles. The number of aromatic nitrogens is 1. The Hall–Kier alpha value is -1.66. The van der Waals surface area contributed by atoms with Crippen LogP contribution in [0, 0.1) is 6.92 Å². The second-order valence-electron chi connectivity index (χ2n) is 5.20. The molecule has 2 heterocycles. The lowest BCUT2D eigenvalue weighted by molar-refractivity contribution is 0.0272. The number of aryl methyl sites for hydroxylation is 1. The maximum absolute atomic E-state index is 12.3. The van der Waals surface area contributed by atoms with Crippen LogP contribution in [0.25, 0.3) is 0 Å². The van der Waals surface area contributed by atoms with E-state index in [9.17, 15) is 4.79 Å². The quantitative estimate of drug-likeness (QED) is 0.559. The minimum atomic E-state index is -0.303. The molecule has 1 aliphatic heterocycles. The predicted molar refractivity (Wildman–Crippen MR) is 72.7 cm³/mol. The average Bonchev–Trinajstić information content (AvgIpc) is 2.38.